The number of aryl methyl sites for hydroxylation is 2. The molecule has 108 valence electrons. The lowest BCUT2D eigenvalue weighted by atomic mass is 10.0. The average molecular weight is 266 g/mol. The van der Waals surface area contributed by atoms with Crippen LogP contribution in [0.1, 0.15) is 18.3 Å². The van der Waals surface area contributed by atoms with Crippen molar-refractivity contribution in [3.63, 3.8) is 0 Å². The van der Waals surface area contributed by atoms with E-state index in [1.165, 1.54) is 5.69 Å². The highest BCUT2D eigenvalue weighted by Gasteiger charge is 2.26. The van der Waals surface area contributed by atoms with Crippen molar-refractivity contribution < 1.29 is 4.74 Å². The van der Waals surface area contributed by atoms with Crippen LogP contribution in [0.2, 0.25) is 0 Å². The third kappa shape index (κ3) is 3.55. The molecule has 2 atom stereocenters. The van der Waals surface area contributed by atoms with Crippen molar-refractivity contribution in [3.8, 4) is 0 Å². The summed E-state index contributed by atoms with van der Waals surface area (Å²) in [6.07, 6.45) is 1.22. The van der Waals surface area contributed by atoms with Crippen molar-refractivity contribution >= 4 is 0 Å². The third-order valence-corrected chi connectivity index (χ3v) is 3.83. The van der Waals surface area contributed by atoms with E-state index in [2.05, 4.69) is 47.0 Å². The number of rotatable bonds is 5. The average Bonchev–Trinajstić information content (AvgIpc) is 2.76. The second kappa shape index (κ2) is 6.50. The number of aromatic nitrogens is 2. The van der Waals surface area contributed by atoms with Gasteiger partial charge in [-0.3, -0.25) is 4.68 Å². The minimum absolute atomic E-state index is 0.254. The molecule has 0 radical (unpaired) electrons. The van der Waals surface area contributed by atoms with E-state index < -0.39 is 0 Å². The van der Waals surface area contributed by atoms with Gasteiger partial charge in [0, 0.05) is 37.8 Å². The SMILES string of the molecule is CCn1nc(C)cc1CC(NC)C1CN(C)CCO1. The summed E-state index contributed by atoms with van der Waals surface area (Å²) in [6.45, 7) is 7.95. The monoisotopic (exact) mass is 266 g/mol. The van der Waals surface area contributed by atoms with Gasteiger partial charge in [-0.15, -0.1) is 0 Å². The van der Waals surface area contributed by atoms with E-state index in [-0.39, 0.29) is 6.10 Å². The highest BCUT2D eigenvalue weighted by atomic mass is 16.5. The first-order valence-corrected chi connectivity index (χ1v) is 7.14. The Labute approximate surface area is 115 Å². The number of nitrogens with one attached hydrogen (secondary N) is 1. The number of morpholine rings is 1. The van der Waals surface area contributed by atoms with Crippen LogP contribution < -0.4 is 5.32 Å². The Hall–Kier alpha value is -0.910. The van der Waals surface area contributed by atoms with E-state index in [4.69, 9.17) is 4.74 Å². The quantitative estimate of drug-likeness (QED) is 0.851. The molecular weight excluding hydrogens is 240 g/mol. The van der Waals surface area contributed by atoms with Crippen molar-refractivity contribution in [1.82, 2.24) is 20.0 Å². The molecule has 2 rings (SSSR count). The maximum Gasteiger partial charge on any atom is 0.0858 e. The maximum atomic E-state index is 5.92. The molecule has 1 saturated heterocycles. The predicted octanol–water partition coefficient (Wildman–Crippen LogP) is 0.673. The summed E-state index contributed by atoms with van der Waals surface area (Å²) < 4.78 is 8.01. The summed E-state index contributed by atoms with van der Waals surface area (Å²) in [4.78, 5) is 2.33. The van der Waals surface area contributed by atoms with Crippen LogP contribution in [-0.4, -0.2) is 60.6 Å². The van der Waals surface area contributed by atoms with Gasteiger partial charge in [-0.25, -0.2) is 0 Å². The van der Waals surface area contributed by atoms with Crippen LogP contribution in [0.15, 0.2) is 6.07 Å². The van der Waals surface area contributed by atoms with Crippen molar-refractivity contribution in [2.75, 3.05) is 33.8 Å². The zero-order valence-corrected chi connectivity index (χ0v) is 12.5. The Morgan fingerprint density at radius 3 is 3.00 bits per heavy atom. The summed E-state index contributed by atoms with van der Waals surface area (Å²) in [5, 5.41) is 7.92. The molecular formula is C14H26N4O. The van der Waals surface area contributed by atoms with Crippen LogP contribution in [0.3, 0.4) is 0 Å². The molecule has 1 aliphatic heterocycles. The fraction of sp³-hybridized carbons (Fsp3) is 0.786. The topological polar surface area (TPSA) is 42.3 Å². The third-order valence-electron chi connectivity index (χ3n) is 3.83. The van der Waals surface area contributed by atoms with E-state index in [9.17, 15) is 0 Å². The van der Waals surface area contributed by atoms with Gasteiger partial charge in [-0.1, -0.05) is 0 Å². The zero-order chi connectivity index (χ0) is 13.8. The summed E-state index contributed by atoms with van der Waals surface area (Å²) in [5.41, 5.74) is 2.38. The molecule has 0 aliphatic carbocycles. The van der Waals surface area contributed by atoms with Gasteiger partial charge in [-0.05, 0) is 34.0 Å². The standard InChI is InChI=1S/C14H26N4O/c1-5-18-12(8-11(2)16-18)9-13(15-3)14-10-17(4)6-7-19-14/h8,13-15H,5-7,9-10H2,1-4H3. The van der Waals surface area contributed by atoms with Gasteiger partial charge in [0.2, 0.25) is 0 Å². The van der Waals surface area contributed by atoms with Gasteiger partial charge in [-0.2, -0.15) is 5.10 Å². The van der Waals surface area contributed by atoms with Crippen molar-refractivity contribution in [2.24, 2.45) is 0 Å². The summed E-state index contributed by atoms with van der Waals surface area (Å²) in [7, 11) is 4.17. The van der Waals surface area contributed by atoms with Crippen molar-refractivity contribution in [1.29, 1.82) is 0 Å². The molecule has 0 aromatic carbocycles. The smallest absolute Gasteiger partial charge is 0.0858 e. The van der Waals surface area contributed by atoms with Crippen LogP contribution in [0.25, 0.3) is 0 Å². The molecule has 1 aromatic heterocycles. The molecule has 5 heteroatoms. The molecule has 1 aromatic rings. The largest absolute Gasteiger partial charge is 0.374 e. The highest BCUT2D eigenvalue weighted by molar-refractivity contribution is 5.11. The van der Waals surface area contributed by atoms with E-state index in [1.54, 1.807) is 0 Å². The normalized spacial score (nSPS) is 22.6. The fourth-order valence-electron chi connectivity index (χ4n) is 2.74. The second-order valence-corrected chi connectivity index (χ2v) is 5.36. The van der Waals surface area contributed by atoms with Gasteiger partial charge in [0.05, 0.1) is 18.4 Å². The van der Waals surface area contributed by atoms with E-state index in [1.807, 2.05) is 7.05 Å². The fourth-order valence-corrected chi connectivity index (χ4v) is 2.74. The minimum atomic E-state index is 0.254. The molecule has 5 nitrogen and oxygen atoms in total. The summed E-state index contributed by atoms with van der Waals surface area (Å²) in [5.74, 6) is 0. The predicted molar refractivity (Wildman–Crippen MR) is 76.4 cm³/mol. The first-order chi connectivity index (χ1) is 9.13. The summed E-state index contributed by atoms with van der Waals surface area (Å²) >= 11 is 0. The number of likely N-dealkylation sites (N-methyl/N-ethyl adjacent to an activating group) is 2. The molecule has 0 bridgehead atoms. The van der Waals surface area contributed by atoms with Crippen molar-refractivity contribution in [2.45, 2.75) is 39.0 Å². The van der Waals surface area contributed by atoms with Crippen LogP contribution in [-0.2, 0) is 17.7 Å². The van der Waals surface area contributed by atoms with Gasteiger partial charge in [0.1, 0.15) is 0 Å². The Balaban J connectivity index is 2.05. The molecule has 2 unspecified atom stereocenters. The van der Waals surface area contributed by atoms with Crippen LogP contribution >= 0.6 is 0 Å². The highest BCUT2D eigenvalue weighted by Crippen LogP contribution is 2.13. The van der Waals surface area contributed by atoms with Gasteiger partial charge in [0.25, 0.3) is 0 Å². The number of hydrogen-bond acceptors (Lipinski definition) is 4. The zero-order valence-electron chi connectivity index (χ0n) is 12.5. The molecule has 1 fully saturated rings. The Morgan fingerprint density at radius 2 is 2.37 bits per heavy atom. The first kappa shape index (κ1) is 14.5. The number of ether oxygens (including phenoxy) is 1. The van der Waals surface area contributed by atoms with E-state index >= 15 is 0 Å². The summed E-state index contributed by atoms with van der Waals surface area (Å²) in [6, 6.07) is 2.52. The van der Waals surface area contributed by atoms with Crippen LogP contribution in [0, 0.1) is 6.92 Å². The van der Waals surface area contributed by atoms with Gasteiger partial charge >= 0.3 is 0 Å². The lowest BCUT2D eigenvalue weighted by Gasteiger charge is -2.35. The molecule has 1 N–H and O–H groups in total. The lowest BCUT2D eigenvalue weighted by Crippen LogP contribution is -2.51. The minimum Gasteiger partial charge on any atom is -0.374 e. The van der Waals surface area contributed by atoms with Gasteiger partial charge < -0.3 is 15.0 Å². The van der Waals surface area contributed by atoms with Gasteiger partial charge in [0.15, 0.2) is 0 Å². The molecule has 0 spiro atoms. The first-order valence-electron chi connectivity index (χ1n) is 7.14. The maximum absolute atomic E-state index is 5.92. The van der Waals surface area contributed by atoms with E-state index in [0.29, 0.717) is 6.04 Å². The number of hydrogen-bond donors (Lipinski definition) is 1. The molecule has 1 aliphatic rings. The Morgan fingerprint density at radius 1 is 1.58 bits per heavy atom. The van der Waals surface area contributed by atoms with Crippen molar-refractivity contribution in [3.05, 3.63) is 17.5 Å². The second-order valence-electron chi connectivity index (χ2n) is 5.36. The van der Waals surface area contributed by atoms with Crippen LogP contribution in [0.5, 0.6) is 0 Å². The Kier molecular flexibility index (Phi) is 4.96. The molecule has 0 saturated carbocycles. The van der Waals surface area contributed by atoms with E-state index in [0.717, 1.165) is 38.4 Å². The lowest BCUT2D eigenvalue weighted by molar-refractivity contribution is -0.0374. The Bertz CT molecular complexity index is 404. The molecule has 2 heterocycles. The molecule has 19 heavy (non-hydrogen) atoms. The van der Waals surface area contributed by atoms with Crippen LogP contribution in [0.4, 0.5) is 0 Å². The number of nitrogens with zero attached hydrogens (tertiary/aromatic N) is 3. The molecule has 0 amide bonds.